The van der Waals surface area contributed by atoms with Crippen LogP contribution in [0.15, 0.2) is 47.4 Å². The molecule has 5 heteroatoms. The van der Waals surface area contributed by atoms with Gasteiger partial charge in [0, 0.05) is 18.0 Å². The molecule has 4 nitrogen and oxygen atoms in total. The molecule has 0 bridgehead atoms. The first-order valence-corrected chi connectivity index (χ1v) is 11.8. The van der Waals surface area contributed by atoms with Crippen molar-refractivity contribution in [2.75, 3.05) is 33.1 Å². The second kappa shape index (κ2) is 11.3. The third kappa shape index (κ3) is 6.43. The van der Waals surface area contributed by atoms with Crippen molar-refractivity contribution in [3.8, 4) is 11.5 Å². The van der Waals surface area contributed by atoms with Crippen LogP contribution in [-0.2, 0) is 11.2 Å². The molecular weight excluding hydrogens is 394 g/mol. The zero-order chi connectivity index (χ0) is 21.3. The fourth-order valence-corrected chi connectivity index (χ4v) is 4.82. The number of piperidine rings is 1. The molecule has 0 unspecified atom stereocenters. The number of benzene rings is 2. The van der Waals surface area contributed by atoms with Gasteiger partial charge in [0.1, 0.15) is 0 Å². The molecule has 1 aliphatic heterocycles. The van der Waals surface area contributed by atoms with E-state index in [-0.39, 0.29) is 5.91 Å². The van der Waals surface area contributed by atoms with Crippen molar-refractivity contribution in [3.63, 3.8) is 0 Å². The van der Waals surface area contributed by atoms with Crippen LogP contribution in [0.2, 0.25) is 0 Å². The van der Waals surface area contributed by atoms with Crippen molar-refractivity contribution < 1.29 is 14.3 Å². The SMILES string of the molecule is COc1ccc(CC(=O)N2CCC(CCCSc3ccc(C)cc3)CC2)cc1OC. The van der Waals surface area contributed by atoms with Crippen LogP contribution in [0.1, 0.15) is 36.8 Å². The monoisotopic (exact) mass is 427 g/mol. The van der Waals surface area contributed by atoms with Crippen LogP contribution in [-0.4, -0.2) is 43.9 Å². The number of thioether (sulfide) groups is 1. The minimum absolute atomic E-state index is 0.204. The topological polar surface area (TPSA) is 38.8 Å². The molecule has 3 rings (SSSR count). The highest BCUT2D eigenvalue weighted by Gasteiger charge is 2.22. The first-order chi connectivity index (χ1) is 14.6. The highest BCUT2D eigenvalue weighted by Crippen LogP contribution is 2.29. The maximum atomic E-state index is 12.7. The highest BCUT2D eigenvalue weighted by atomic mass is 32.2. The van der Waals surface area contributed by atoms with Crippen molar-refractivity contribution in [3.05, 3.63) is 53.6 Å². The number of nitrogens with zero attached hydrogens (tertiary/aromatic N) is 1. The van der Waals surface area contributed by atoms with Gasteiger partial charge >= 0.3 is 0 Å². The number of ether oxygens (including phenoxy) is 2. The van der Waals surface area contributed by atoms with E-state index >= 15 is 0 Å². The second-order valence-electron chi connectivity index (χ2n) is 7.99. The van der Waals surface area contributed by atoms with Crippen LogP contribution in [0, 0.1) is 12.8 Å². The van der Waals surface area contributed by atoms with E-state index in [9.17, 15) is 4.79 Å². The first kappa shape index (κ1) is 22.5. The molecule has 0 aliphatic carbocycles. The number of amides is 1. The van der Waals surface area contributed by atoms with Gasteiger partial charge < -0.3 is 14.4 Å². The van der Waals surface area contributed by atoms with E-state index in [2.05, 4.69) is 31.2 Å². The Hall–Kier alpha value is -2.14. The van der Waals surface area contributed by atoms with Gasteiger partial charge in [-0.1, -0.05) is 23.8 Å². The Morgan fingerprint density at radius 2 is 1.73 bits per heavy atom. The molecule has 1 heterocycles. The number of methoxy groups -OCH3 is 2. The zero-order valence-corrected chi connectivity index (χ0v) is 19.2. The number of carbonyl (C=O) groups is 1. The molecular formula is C25H33NO3S. The summed E-state index contributed by atoms with van der Waals surface area (Å²) in [6, 6.07) is 14.5. The largest absolute Gasteiger partial charge is 0.493 e. The molecule has 0 aromatic heterocycles. The van der Waals surface area contributed by atoms with Gasteiger partial charge in [0.2, 0.25) is 5.91 Å². The lowest BCUT2D eigenvalue weighted by Crippen LogP contribution is -2.39. The van der Waals surface area contributed by atoms with Gasteiger partial charge in [-0.25, -0.2) is 0 Å². The van der Waals surface area contributed by atoms with Crippen LogP contribution in [0.3, 0.4) is 0 Å². The summed E-state index contributed by atoms with van der Waals surface area (Å²) in [5.41, 5.74) is 2.28. The Balaban J connectivity index is 1.37. The summed E-state index contributed by atoms with van der Waals surface area (Å²) in [5.74, 6) is 3.48. The molecule has 2 aromatic carbocycles. The minimum atomic E-state index is 0.204. The van der Waals surface area contributed by atoms with Gasteiger partial charge in [-0.3, -0.25) is 4.79 Å². The Kier molecular flexibility index (Phi) is 8.50. The predicted octanol–water partition coefficient (Wildman–Crippen LogP) is 5.37. The summed E-state index contributed by atoms with van der Waals surface area (Å²) >= 11 is 1.95. The quantitative estimate of drug-likeness (QED) is 0.399. The van der Waals surface area contributed by atoms with Crippen LogP contribution < -0.4 is 9.47 Å². The van der Waals surface area contributed by atoms with Gasteiger partial charge in [-0.05, 0) is 74.1 Å². The van der Waals surface area contributed by atoms with Crippen LogP contribution >= 0.6 is 11.8 Å². The summed E-state index contributed by atoms with van der Waals surface area (Å²) in [6.45, 7) is 3.88. The lowest BCUT2D eigenvalue weighted by molar-refractivity contribution is -0.131. The van der Waals surface area contributed by atoms with Crippen LogP contribution in [0.25, 0.3) is 0 Å². The first-order valence-electron chi connectivity index (χ1n) is 10.8. The molecule has 1 aliphatic rings. The summed E-state index contributed by atoms with van der Waals surface area (Å²) in [7, 11) is 3.24. The van der Waals surface area contributed by atoms with Crippen molar-refractivity contribution in [1.29, 1.82) is 0 Å². The molecule has 0 radical (unpaired) electrons. The van der Waals surface area contributed by atoms with E-state index in [1.165, 1.54) is 29.1 Å². The molecule has 0 spiro atoms. The average Bonchev–Trinajstić information content (AvgIpc) is 2.78. The fraction of sp³-hybridized carbons (Fsp3) is 0.480. The van der Waals surface area contributed by atoms with E-state index in [0.29, 0.717) is 17.9 Å². The maximum Gasteiger partial charge on any atom is 0.226 e. The second-order valence-corrected chi connectivity index (χ2v) is 9.16. The fourth-order valence-electron chi connectivity index (χ4n) is 3.94. The van der Waals surface area contributed by atoms with Crippen molar-refractivity contribution in [2.45, 2.75) is 43.9 Å². The third-order valence-corrected chi connectivity index (χ3v) is 6.92. The third-order valence-electron chi connectivity index (χ3n) is 5.82. The van der Waals surface area contributed by atoms with Gasteiger partial charge in [0.05, 0.1) is 20.6 Å². The Morgan fingerprint density at radius 3 is 2.40 bits per heavy atom. The van der Waals surface area contributed by atoms with Gasteiger partial charge in [0.25, 0.3) is 0 Å². The van der Waals surface area contributed by atoms with Gasteiger partial charge in [-0.15, -0.1) is 11.8 Å². The van der Waals surface area contributed by atoms with Gasteiger partial charge in [0.15, 0.2) is 11.5 Å². The number of carbonyl (C=O) groups excluding carboxylic acids is 1. The van der Waals surface area contributed by atoms with Crippen LogP contribution in [0.4, 0.5) is 0 Å². The molecule has 0 N–H and O–H groups in total. The average molecular weight is 428 g/mol. The smallest absolute Gasteiger partial charge is 0.226 e. The normalized spacial score (nSPS) is 14.6. The molecule has 1 amide bonds. The lowest BCUT2D eigenvalue weighted by atomic mass is 9.92. The number of rotatable bonds is 9. The summed E-state index contributed by atoms with van der Waals surface area (Å²) in [4.78, 5) is 16.1. The molecule has 0 atom stereocenters. The molecule has 1 fully saturated rings. The summed E-state index contributed by atoms with van der Waals surface area (Å²) in [5, 5.41) is 0. The molecule has 30 heavy (non-hydrogen) atoms. The highest BCUT2D eigenvalue weighted by molar-refractivity contribution is 7.99. The lowest BCUT2D eigenvalue weighted by Gasteiger charge is -2.32. The predicted molar refractivity (Wildman–Crippen MR) is 124 cm³/mol. The van der Waals surface area contributed by atoms with E-state index in [4.69, 9.17) is 9.47 Å². The zero-order valence-electron chi connectivity index (χ0n) is 18.4. The van der Waals surface area contributed by atoms with Crippen LogP contribution in [0.5, 0.6) is 11.5 Å². The molecule has 1 saturated heterocycles. The summed E-state index contributed by atoms with van der Waals surface area (Å²) in [6.07, 6.45) is 5.15. The maximum absolute atomic E-state index is 12.7. The Morgan fingerprint density at radius 1 is 1.03 bits per heavy atom. The van der Waals surface area contributed by atoms with E-state index in [0.717, 1.165) is 37.4 Å². The van der Waals surface area contributed by atoms with E-state index in [1.54, 1.807) is 14.2 Å². The van der Waals surface area contributed by atoms with Gasteiger partial charge in [-0.2, -0.15) is 0 Å². The molecule has 162 valence electrons. The van der Waals surface area contributed by atoms with E-state index < -0.39 is 0 Å². The Bertz CT molecular complexity index is 814. The van der Waals surface area contributed by atoms with Crippen molar-refractivity contribution in [2.24, 2.45) is 5.92 Å². The van der Waals surface area contributed by atoms with Crippen molar-refractivity contribution >= 4 is 17.7 Å². The number of hydrogen-bond acceptors (Lipinski definition) is 4. The molecule has 2 aromatic rings. The number of likely N-dealkylation sites (tertiary alicyclic amines) is 1. The standard InChI is InChI=1S/C25H33NO3S/c1-19-6-9-22(10-7-19)30-16-4-5-20-12-14-26(15-13-20)25(27)18-21-8-11-23(28-2)24(17-21)29-3/h6-11,17,20H,4-5,12-16,18H2,1-3H3. The minimum Gasteiger partial charge on any atom is -0.493 e. The van der Waals surface area contributed by atoms with Crippen molar-refractivity contribution in [1.82, 2.24) is 4.90 Å². The Labute approximate surface area is 184 Å². The van der Waals surface area contributed by atoms with E-state index in [1.807, 2.05) is 34.9 Å². The summed E-state index contributed by atoms with van der Waals surface area (Å²) < 4.78 is 10.6. The molecule has 0 saturated carbocycles. The number of hydrogen-bond donors (Lipinski definition) is 0. The number of aryl methyl sites for hydroxylation is 1.